The summed E-state index contributed by atoms with van der Waals surface area (Å²) in [6.45, 7) is 3.00. The Labute approximate surface area is 188 Å². The molecular weight excluding hydrogens is 432 g/mol. The predicted octanol–water partition coefficient (Wildman–Crippen LogP) is 2.41. The number of nitrogens with one attached hydrogen (secondary N) is 1. The normalized spacial score (nSPS) is 14.9. The summed E-state index contributed by atoms with van der Waals surface area (Å²) in [5.74, 6) is 1.97. The van der Waals surface area contributed by atoms with Crippen LogP contribution in [0.2, 0.25) is 0 Å². The van der Waals surface area contributed by atoms with Crippen molar-refractivity contribution in [1.29, 1.82) is 5.26 Å². The van der Waals surface area contributed by atoms with Crippen LogP contribution in [0.3, 0.4) is 0 Å². The largest absolute Gasteiger partial charge is 0.325 e. The van der Waals surface area contributed by atoms with Crippen LogP contribution >= 0.6 is 11.8 Å². The maximum absolute atomic E-state index is 12.6. The molecule has 0 saturated carbocycles. The van der Waals surface area contributed by atoms with Crippen molar-refractivity contribution in [2.45, 2.75) is 11.3 Å². The standard InChI is InChI=1S/C22H26N4O3S2/c1-25(31(28,29)21-8-4-19(16-23)5-9-21)17-22(27)24-20-6-2-18(3-7-20)10-11-26-12-14-30-15-13-26/h2-9H,10-15,17H2,1H3,(H,24,27). The van der Waals surface area contributed by atoms with Gasteiger partial charge in [-0.3, -0.25) is 4.79 Å². The van der Waals surface area contributed by atoms with Crippen molar-refractivity contribution < 1.29 is 13.2 Å². The van der Waals surface area contributed by atoms with Gasteiger partial charge in [-0.25, -0.2) is 8.42 Å². The van der Waals surface area contributed by atoms with E-state index in [9.17, 15) is 13.2 Å². The summed E-state index contributed by atoms with van der Waals surface area (Å²) in [5.41, 5.74) is 2.21. The van der Waals surface area contributed by atoms with Crippen molar-refractivity contribution >= 4 is 33.4 Å². The quantitative estimate of drug-likeness (QED) is 0.653. The molecule has 0 bridgehead atoms. The van der Waals surface area contributed by atoms with E-state index in [1.807, 2.05) is 42.1 Å². The average Bonchev–Trinajstić information content (AvgIpc) is 2.79. The van der Waals surface area contributed by atoms with Crippen molar-refractivity contribution in [2.75, 3.05) is 50.0 Å². The number of sulfonamides is 1. The number of hydrogen-bond acceptors (Lipinski definition) is 6. The summed E-state index contributed by atoms with van der Waals surface area (Å²) >= 11 is 2.00. The number of hydrogen-bond donors (Lipinski definition) is 1. The van der Waals surface area contributed by atoms with E-state index >= 15 is 0 Å². The second-order valence-electron chi connectivity index (χ2n) is 7.35. The van der Waals surface area contributed by atoms with E-state index in [1.54, 1.807) is 0 Å². The number of rotatable bonds is 8. The van der Waals surface area contributed by atoms with E-state index in [2.05, 4.69) is 10.2 Å². The SMILES string of the molecule is CN(CC(=O)Nc1ccc(CCN2CCSCC2)cc1)S(=O)(=O)c1ccc(C#N)cc1. The molecule has 1 saturated heterocycles. The Bertz CT molecular complexity index is 1030. The van der Waals surface area contributed by atoms with Crippen molar-refractivity contribution in [1.82, 2.24) is 9.21 Å². The summed E-state index contributed by atoms with van der Waals surface area (Å²) in [6, 6.07) is 15.2. The van der Waals surface area contributed by atoms with Crippen LogP contribution in [-0.4, -0.2) is 68.3 Å². The van der Waals surface area contributed by atoms with Crippen molar-refractivity contribution in [3.8, 4) is 6.07 Å². The topological polar surface area (TPSA) is 93.5 Å². The highest BCUT2D eigenvalue weighted by Gasteiger charge is 2.23. The number of nitrogens with zero attached hydrogens (tertiary/aromatic N) is 3. The fraction of sp³-hybridized carbons (Fsp3) is 0.364. The molecule has 7 nitrogen and oxygen atoms in total. The van der Waals surface area contributed by atoms with Gasteiger partial charge in [-0.1, -0.05) is 12.1 Å². The van der Waals surface area contributed by atoms with E-state index in [4.69, 9.17) is 5.26 Å². The molecular formula is C22H26N4O3S2. The first-order valence-corrected chi connectivity index (χ1v) is 12.6. The van der Waals surface area contributed by atoms with E-state index in [0.717, 1.165) is 30.4 Å². The van der Waals surface area contributed by atoms with Gasteiger partial charge in [0, 0.05) is 43.9 Å². The molecule has 1 fully saturated rings. The number of amides is 1. The second-order valence-corrected chi connectivity index (χ2v) is 10.6. The smallest absolute Gasteiger partial charge is 0.243 e. The molecule has 1 heterocycles. The van der Waals surface area contributed by atoms with Crippen LogP contribution < -0.4 is 5.32 Å². The lowest BCUT2D eigenvalue weighted by Crippen LogP contribution is -2.35. The number of carbonyl (C=O) groups excluding carboxylic acids is 1. The third kappa shape index (κ3) is 6.55. The third-order valence-corrected chi connectivity index (χ3v) is 7.88. The van der Waals surface area contributed by atoms with Gasteiger partial charge in [0.15, 0.2) is 0 Å². The zero-order valence-electron chi connectivity index (χ0n) is 17.5. The van der Waals surface area contributed by atoms with Crippen molar-refractivity contribution in [2.24, 2.45) is 0 Å². The van der Waals surface area contributed by atoms with Gasteiger partial charge in [0.05, 0.1) is 23.1 Å². The summed E-state index contributed by atoms with van der Waals surface area (Å²) in [4.78, 5) is 14.9. The molecule has 1 aliphatic rings. The number of benzene rings is 2. The van der Waals surface area contributed by atoms with Crippen LogP contribution in [-0.2, 0) is 21.2 Å². The highest BCUT2D eigenvalue weighted by atomic mass is 32.2. The number of thioether (sulfide) groups is 1. The van der Waals surface area contributed by atoms with Crippen LogP contribution in [0.1, 0.15) is 11.1 Å². The molecule has 31 heavy (non-hydrogen) atoms. The van der Waals surface area contributed by atoms with Gasteiger partial charge in [0.25, 0.3) is 0 Å². The number of nitriles is 1. The Kier molecular flexibility index (Phi) is 8.09. The van der Waals surface area contributed by atoms with Crippen molar-refractivity contribution in [3.05, 3.63) is 59.7 Å². The van der Waals surface area contributed by atoms with Gasteiger partial charge in [0.2, 0.25) is 15.9 Å². The van der Waals surface area contributed by atoms with E-state index in [0.29, 0.717) is 11.3 Å². The summed E-state index contributed by atoms with van der Waals surface area (Å²) in [7, 11) is -2.46. The molecule has 0 unspecified atom stereocenters. The van der Waals surface area contributed by atoms with E-state index in [-0.39, 0.29) is 11.4 Å². The second kappa shape index (κ2) is 10.8. The molecule has 1 aliphatic heterocycles. The van der Waals surface area contributed by atoms with Gasteiger partial charge in [-0.15, -0.1) is 0 Å². The highest BCUT2D eigenvalue weighted by Crippen LogP contribution is 2.16. The van der Waals surface area contributed by atoms with Crippen LogP contribution in [0.4, 0.5) is 5.69 Å². The lowest BCUT2D eigenvalue weighted by Gasteiger charge is -2.26. The first kappa shape index (κ1) is 23.3. The van der Waals surface area contributed by atoms with Crippen LogP contribution in [0, 0.1) is 11.3 Å². The molecule has 9 heteroatoms. The lowest BCUT2D eigenvalue weighted by atomic mass is 10.1. The third-order valence-electron chi connectivity index (χ3n) is 5.12. The molecule has 2 aromatic rings. The van der Waals surface area contributed by atoms with Crippen LogP contribution in [0.15, 0.2) is 53.4 Å². The summed E-state index contributed by atoms with van der Waals surface area (Å²) in [5, 5.41) is 11.6. The van der Waals surface area contributed by atoms with Gasteiger partial charge in [-0.2, -0.15) is 21.3 Å². The summed E-state index contributed by atoms with van der Waals surface area (Å²) in [6.07, 6.45) is 0.963. The monoisotopic (exact) mass is 458 g/mol. The minimum absolute atomic E-state index is 0.0402. The Morgan fingerprint density at radius 1 is 1.13 bits per heavy atom. The lowest BCUT2D eigenvalue weighted by molar-refractivity contribution is -0.116. The number of anilines is 1. The molecule has 164 valence electrons. The minimum atomic E-state index is -3.82. The zero-order valence-corrected chi connectivity index (χ0v) is 19.1. The molecule has 0 atom stereocenters. The Hall–Kier alpha value is -2.38. The first-order chi connectivity index (χ1) is 14.9. The van der Waals surface area contributed by atoms with Gasteiger partial charge >= 0.3 is 0 Å². The average molecular weight is 459 g/mol. The molecule has 0 aliphatic carbocycles. The molecule has 1 amide bonds. The van der Waals surface area contributed by atoms with Gasteiger partial charge < -0.3 is 10.2 Å². The molecule has 2 aromatic carbocycles. The first-order valence-electron chi connectivity index (χ1n) is 10.0. The molecule has 0 aromatic heterocycles. The van der Waals surface area contributed by atoms with Gasteiger partial charge in [-0.05, 0) is 48.4 Å². The fourth-order valence-corrected chi connectivity index (χ4v) is 5.34. The zero-order chi connectivity index (χ0) is 22.3. The number of likely N-dealkylation sites (N-methyl/N-ethyl adjacent to an activating group) is 1. The van der Waals surface area contributed by atoms with Crippen molar-refractivity contribution in [3.63, 3.8) is 0 Å². The molecule has 0 radical (unpaired) electrons. The highest BCUT2D eigenvalue weighted by molar-refractivity contribution is 7.99. The predicted molar refractivity (Wildman–Crippen MR) is 124 cm³/mol. The Morgan fingerprint density at radius 2 is 1.77 bits per heavy atom. The van der Waals surface area contributed by atoms with Crippen LogP contribution in [0.25, 0.3) is 0 Å². The van der Waals surface area contributed by atoms with E-state index < -0.39 is 15.9 Å². The maximum Gasteiger partial charge on any atom is 0.243 e. The Balaban J connectivity index is 1.51. The van der Waals surface area contributed by atoms with E-state index in [1.165, 1.54) is 48.4 Å². The Morgan fingerprint density at radius 3 is 2.39 bits per heavy atom. The molecule has 1 N–H and O–H groups in total. The summed E-state index contributed by atoms with van der Waals surface area (Å²) < 4.78 is 26.2. The van der Waals surface area contributed by atoms with Gasteiger partial charge in [0.1, 0.15) is 0 Å². The molecule has 0 spiro atoms. The fourth-order valence-electron chi connectivity index (χ4n) is 3.24. The number of carbonyl (C=O) groups is 1. The minimum Gasteiger partial charge on any atom is -0.325 e. The molecule has 3 rings (SSSR count). The van der Waals surface area contributed by atoms with Crippen LogP contribution in [0.5, 0.6) is 0 Å². The maximum atomic E-state index is 12.6.